The van der Waals surface area contributed by atoms with Gasteiger partial charge in [0.1, 0.15) is 11.6 Å². The lowest BCUT2D eigenvalue weighted by Gasteiger charge is -2.26. The number of hydrogen-bond donors (Lipinski definition) is 1. The van der Waals surface area contributed by atoms with Crippen molar-refractivity contribution >= 4 is 5.91 Å². The fourth-order valence-corrected chi connectivity index (χ4v) is 2.28. The zero-order chi connectivity index (χ0) is 15.6. The van der Waals surface area contributed by atoms with Gasteiger partial charge >= 0.3 is 0 Å². The van der Waals surface area contributed by atoms with Crippen LogP contribution in [0.5, 0.6) is 5.75 Å². The molecule has 1 atom stereocenters. The molecule has 1 N–H and O–H groups in total. The van der Waals surface area contributed by atoms with Gasteiger partial charge in [-0.2, -0.15) is 0 Å². The number of aromatic hydroxyl groups is 1. The maximum Gasteiger partial charge on any atom is 0.254 e. The van der Waals surface area contributed by atoms with E-state index in [1.807, 2.05) is 0 Å². The topological polar surface area (TPSA) is 40.5 Å². The van der Waals surface area contributed by atoms with Gasteiger partial charge in [0.15, 0.2) is 0 Å². The van der Waals surface area contributed by atoms with Gasteiger partial charge in [-0.3, -0.25) is 4.79 Å². The predicted molar refractivity (Wildman–Crippen MR) is 79.8 cm³/mol. The lowest BCUT2D eigenvalue weighted by Crippen LogP contribution is -2.30. The van der Waals surface area contributed by atoms with E-state index in [-0.39, 0.29) is 23.5 Å². The average Bonchev–Trinajstić information content (AvgIpc) is 2.45. The van der Waals surface area contributed by atoms with Crippen molar-refractivity contribution in [1.29, 1.82) is 0 Å². The Kier molecular flexibility index (Phi) is 4.26. The third-order valence-corrected chi connectivity index (χ3v) is 3.70. The molecule has 2 aromatic carbocycles. The first-order chi connectivity index (χ1) is 9.91. The fraction of sp³-hybridized carbons (Fsp3) is 0.235. The highest BCUT2D eigenvalue weighted by Gasteiger charge is 2.22. The number of carbonyl (C=O) groups excluding carboxylic acids is 1. The van der Waals surface area contributed by atoms with Crippen molar-refractivity contribution in [2.45, 2.75) is 19.9 Å². The number of amides is 1. The van der Waals surface area contributed by atoms with Crippen LogP contribution in [0.4, 0.5) is 4.39 Å². The van der Waals surface area contributed by atoms with Crippen LogP contribution in [-0.4, -0.2) is 23.0 Å². The van der Waals surface area contributed by atoms with Crippen LogP contribution in [0.2, 0.25) is 0 Å². The number of aryl methyl sites for hydroxylation is 1. The van der Waals surface area contributed by atoms with Crippen molar-refractivity contribution < 1.29 is 14.3 Å². The molecule has 0 saturated heterocycles. The van der Waals surface area contributed by atoms with Crippen molar-refractivity contribution in [3.63, 3.8) is 0 Å². The minimum Gasteiger partial charge on any atom is -0.508 e. The molecule has 21 heavy (non-hydrogen) atoms. The summed E-state index contributed by atoms with van der Waals surface area (Å²) in [5.74, 6) is -0.413. The van der Waals surface area contributed by atoms with Crippen molar-refractivity contribution in [1.82, 2.24) is 4.90 Å². The largest absolute Gasteiger partial charge is 0.508 e. The van der Waals surface area contributed by atoms with Gasteiger partial charge in [-0.05, 0) is 43.7 Å². The monoisotopic (exact) mass is 287 g/mol. The van der Waals surface area contributed by atoms with Gasteiger partial charge in [0, 0.05) is 18.2 Å². The SMILES string of the molecule is Cc1cc(O)ccc1C(=O)N(C)C(C)c1ccccc1F. The summed E-state index contributed by atoms with van der Waals surface area (Å²) in [5.41, 5.74) is 1.66. The standard InChI is InChI=1S/C17H18FNO2/c1-11-10-13(20)8-9-14(11)17(21)19(3)12(2)15-6-4-5-7-16(15)18/h4-10,12,20H,1-3H3. The highest BCUT2D eigenvalue weighted by Crippen LogP contribution is 2.25. The summed E-state index contributed by atoms with van der Waals surface area (Å²) in [6.07, 6.45) is 0. The van der Waals surface area contributed by atoms with E-state index in [0.29, 0.717) is 16.7 Å². The molecule has 4 heteroatoms. The molecule has 3 nitrogen and oxygen atoms in total. The summed E-state index contributed by atoms with van der Waals surface area (Å²) in [7, 11) is 1.64. The van der Waals surface area contributed by atoms with Gasteiger partial charge in [-0.1, -0.05) is 18.2 Å². The molecule has 0 aliphatic carbocycles. The van der Waals surface area contributed by atoms with Crippen LogP contribution in [0, 0.1) is 12.7 Å². The second-order valence-electron chi connectivity index (χ2n) is 5.11. The van der Waals surface area contributed by atoms with Crippen LogP contribution in [0.1, 0.15) is 34.5 Å². The number of benzene rings is 2. The van der Waals surface area contributed by atoms with E-state index < -0.39 is 0 Å². The van der Waals surface area contributed by atoms with Crippen molar-refractivity contribution in [2.75, 3.05) is 7.05 Å². The molecule has 0 heterocycles. The summed E-state index contributed by atoms with van der Waals surface area (Å²) < 4.78 is 13.8. The lowest BCUT2D eigenvalue weighted by molar-refractivity contribution is 0.0739. The van der Waals surface area contributed by atoms with E-state index in [9.17, 15) is 14.3 Å². The zero-order valence-corrected chi connectivity index (χ0v) is 12.3. The Hall–Kier alpha value is -2.36. The van der Waals surface area contributed by atoms with E-state index in [0.717, 1.165) is 0 Å². The van der Waals surface area contributed by atoms with Gasteiger partial charge in [0.2, 0.25) is 0 Å². The predicted octanol–water partition coefficient (Wildman–Crippen LogP) is 3.67. The molecule has 1 amide bonds. The summed E-state index contributed by atoms with van der Waals surface area (Å²) in [4.78, 5) is 14.0. The molecule has 0 bridgehead atoms. The molecule has 0 radical (unpaired) electrons. The van der Waals surface area contributed by atoms with E-state index in [4.69, 9.17) is 0 Å². The maximum absolute atomic E-state index is 13.8. The Morgan fingerprint density at radius 1 is 1.24 bits per heavy atom. The third kappa shape index (κ3) is 3.05. The van der Waals surface area contributed by atoms with Crippen molar-refractivity contribution in [3.8, 4) is 5.75 Å². The summed E-state index contributed by atoms with van der Waals surface area (Å²) >= 11 is 0. The number of hydrogen-bond acceptors (Lipinski definition) is 2. The Labute approximate surface area is 123 Å². The quantitative estimate of drug-likeness (QED) is 0.935. The molecule has 2 aromatic rings. The van der Waals surface area contributed by atoms with Crippen LogP contribution in [0.25, 0.3) is 0 Å². The van der Waals surface area contributed by atoms with Gasteiger partial charge in [-0.25, -0.2) is 4.39 Å². The molecule has 0 saturated carbocycles. The lowest BCUT2D eigenvalue weighted by atomic mass is 10.0. The molecule has 2 rings (SSSR count). The number of carbonyl (C=O) groups is 1. The number of halogens is 1. The highest BCUT2D eigenvalue weighted by molar-refractivity contribution is 5.95. The molecule has 0 aliphatic rings. The van der Waals surface area contributed by atoms with Crippen LogP contribution in [0.3, 0.4) is 0 Å². The highest BCUT2D eigenvalue weighted by atomic mass is 19.1. The number of nitrogens with zero attached hydrogens (tertiary/aromatic N) is 1. The smallest absolute Gasteiger partial charge is 0.254 e. The van der Waals surface area contributed by atoms with E-state index in [1.54, 1.807) is 45.2 Å². The molecule has 0 fully saturated rings. The van der Waals surface area contributed by atoms with Crippen molar-refractivity contribution in [3.05, 3.63) is 65.0 Å². The molecule has 0 aliphatic heterocycles. The van der Waals surface area contributed by atoms with Crippen LogP contribution in [0.15, 0.2) is 42.5 Å². The Morgan fingerprint density at radius 3 is 2.52 bits per heavy atom. The minimum absolute atomic E-state index is 0.119. The third-order valence-electron chi connectivity index (χ3n) is 3.70. The fourth-order valence-electron chi connectivity index (χ4n) is 2.28. The molecule has 1 unspecified atom stereocenters. The van der Waals surface area contributed by atoms with Gasteiger partial charge in [0.25, 0.3) is 5.91 Å². The van der Waals surface area contributed by atoms with E-state index in [1.165, 1.54) is 23.1 Å². The summed E-state index contributed by atoms with van der Waals surface area (Å²) in [6.45, 7) is 3.54. The molecule has 0 spiro atoms. The van der Waals surface area contributed by atoms with Crippen molar-refractivity contribution in [2.24, 2.45) is 0 Å². The molecular formula is C17H18FNO2. The first-order valence-electron chi connectivity index (χ1n) is 6.73. The number of phenolic OH excluding ortho intramolecular Hbond substituents is 1. The summed E-state index contributed by atoms with van der Waals surface area (Å²) in [6, 6.07) is 10.6. The van der Waals surface area contributed by atoms with Crippen LogP contribution in [-0.2, 0) is 0 Å². The zero-order valence-electron chi connectivity index (χ0n) is 12.3. The van der Waals surface area contributed by atoms with Gasteiger partial charge in [0.05, 0.1) is 6.04 Å². The average molecular weight is 287 g/mol. The first kappa shape index (κ1) is 15.0. The second kappa shape index (κ2) is 5.95. The van der Waals surface area contributed by atoms with Crippen LogP contribution >= 0.6 is 0 Å². The molecule has 0 aromatic heterocycles. The summed E-state index contributed by atoms with van der Waals surface area (Å²) in [5, 5.41) is 9.41. The number of phenols is 1. The first-order valence-corrected chi connectivity index (χ1v) is 6.73. The molecular weight excluding hydrogens is 269 g/mol. The Balaban J connectivity index is 2.29. The van der Waals surface area contributed by atoms with E-state index >= 15 is 0 Å². The van der Waals surface area contributed by atoms with Gasteiger partial charge in [-0.15, -0.1) is 0 Å². The molecule has 110 valence electrons. The minimum atomic E-state index is -0.382. The Bertz CT molecular complexity index is 670. The van der Waals surface area contributed by atoms with Crippen LogP contribution < -0.4 is 0 Å². The number of rotatable bonds is 3. The van der Waals surface area contributed by atoms with Gasteiger partial charge < -0.3 is 10.0 Å². The normalized spacial score (nSPS) is 12.0. The maximum atomic E-state index is 13.8. The second-order valence-corrected chi connectivity index (χ2v) is 5.11. The Morgan fingerprint density at radius 2 is 1.90 bits per heavy atom. The van der Waals surface area contributed by atoms with E-state index in [2.05, 4.69) is 0 Å².